The molecule has 0 aliphatic heterocycles. The molecule has 0 bridgehead atoms. The summed E-state index contributed by atoms with van der Waals surface area (Å²) in [6.45, 7) is 1.09. The van der Waals surface area contributed by atoms with Gasteiger partial charge in [-0.15, -0.1) is 0 Å². The largest absolute Gasteiger partial charge is 0.416 e. The molecule has 0 spiro atoms. The minimum Gasteiger partial charge on any atom is -0.387 e. The van der Waals surface area contributed by atoms with Gasteiger partial charge in [-0.2, -0.15) is 13.2 Å². The first-order valence-electron chi connectivity index (χ1n) is 11.6. The van der Waals surface area contributed by atoms with Crippen LogP contribution in [0.5, 0.6) is 0 Å². The molecule has 2 atom stereocenters. The molecular formula is C30H28F3NO. The standard InChI is InChI=1S/C30H28F3NO/c31-30(32,33)27-18-10-17-26(20-27)29(35)28(19-23-11-4-1-5-12-23)34(21-24-13-6-2-7-14-24)22-25-15-8-3-9-16-25/h1-18,20,28-29,35H,19,21-22H2/t28-,29-/m0/s1. The maximum absolute atomic E-state index is 13.4. The van der Waals surface area contributed by atoms with Crippen LogP contribution in [0.25, 0.3) is 0 Å². The van der Waals surface area contributed by atoms with E-state index in [1.165, 1.54) is 6.07 Å². The van der Waals surface area contributed by atoms with E-state index in [4.69, 9.17) is 0 Å². The van der Waals surface area contributed by atoms with Gasteiger partial charge in [-0.3, -0.25) is 4.90 Å². The van der Waals surface area contributed by atoms with Gasteiger partial charge in [0.1, 0.15) is 0 Å². The Morgan fingerprint density at radius 3 is 1.60 bits per heavy atom. The molecule has 0 heterocycles. The van der Waals surface area contributed by atoms with Crippen molar-refractivity contribution >= 4 is 0 Å². The van der Waals surface area contributed by atoms with Gasteiger partial charge in [-0.05, 0) is 40.8 Å². The molecule has 0 aliphatic carbocycles. The fraction of sp³-hybridized carbons (Fsp3) is 0.200. The van der Waals surface area contributed by atoms with E-state index in [0.717, 1.165) is 28.8 Å². The third-order valence-corrected chi connectivity index (χ3v) is 6.13. The summed E-state index contributed by atoms with van der Waals surface area (Å²) in [5, 5.41) is 11.5. The predicted molar refractivity (Wildman–Crippen MR) is 132 cm³/mol. The highest BCUT2D eigenvalue weighted by atomic mass is 19.4. The van der Waals surface area contributed by atoms with Crippen molar-refractivity contribution in [2.75, 3.05) is 0 Å². The number of hydrogen-bond donors (Lipinski definition) is 1. The van der Waals surface area contributed by atoms with E-state index in [0.29, 0.717) is 19.5 Å². The number of alkyl halides is 3. The predicted octanol–water partition coefficient (Wildman–Crippen LogP) is 7.05. The second-order valence-corrected chi connectivity index (χ2v) is 8.70. The lowest BCUT2D eigenvalue weighted by molar-refractivity contribution is -0.137. The Balaban J connectivity index is 1.73. The summed E-state index contributed by atoms with van der Waals surface area (Å²) in [6, 6.07) is 34.2. The molecule has 0 saturated heterocycles. The average molecular weight is 476 g/mol. The highest BCUT2D eigenvalue weighted by Gasteiger charge is 2.33. The summed E-state index contributed by atoms with van der Waals surface area (Å²) in [5.41, 5.74) is 2.64. The molecule has 0 unspecified atom stereocenters. The summed E-state index contributed by atoms with van der Waals surface area (Å²) in [7, 11) is 0. The van der Waals surface area contributed by atoms with E-state index in [1.807, 2.05) is 91.0 Å². The molecule has 180 valence electrons. The first-order valence-corrected chi connectivity index (χ1v) is 11.6. The number of aliphatic hydroxyl groups excluding tert-OH is 1. The molecule has 2 nitrogen and oxygen atoms in total. The molecule has 4 aromatic carbocycles. The fourth-order valence-corrected chi connectivity index (χ4v) is 4.34. The highest BCUT2D eigenvalue weighted by Crippen LogP contribution is 2.33. The second-order valence-electron chi connectivity index (χ2n) is 8.70. The molecule has 35 heavy (non-hydrogen) atoms. The van der Waals surface area contributed by atoms with Crippen molar-refractivity contribution in [1.82, 2.24) is 4.90 Å². The Bertz CT molecular complexity index is 1140. The van der Waals surface area contributed by atoms with Gasteiger partial charge in [0.15, 0.2) is 0 Å². The van der Waals surface area contributed by atoms with Crippen LogP contribution in [-0.4, -0.2) is 16.0 Å². The molecule has 0 aliphatic rings. The Hall–Kier alpha value is -3.41. The van der Waals surface area contributed by atoms with Crippen LogP contribution in [0.4, 0.5) is 13.2 Å². The Morgan fingerprint density at radius 2 is 1.11 bits per heavy atom. The van der Waals surface area contributed by atoms with E-state index in [9.17, 15) is 18.3 Å². The van der Waals surface area contributed by atoms with Crippen LogP contribution in [0.3, 0.4) is 0 Å². The lowest BCUT2D eigenvalue weighted by Gasteiger charge is -2.36. The molecular weight excluding hydrogens is 447 g/mol. The molecule has 1 N–H and O–H groups in total. The molecule has 5 heteroatoms. The quantitative estimate of drug-likeness (QED) is 0.280. The van der Waals surface area contributed by atoms with E-state index in [2.05, 4.69) is 4.90 Å². The van der Waals surface area contributed by atoms with Gasteiger partial charge in [0.05, 0.1) is 11.7 Å². The van der Waals surface area contributed by atoms with Gasteiger partial charge in [-0.1, -0.05) is 103 Å². The third kappa shape index (κ3) is 6.81. The fourth-order valence-electron chi connectivity index (χ4n) is 4.34. The number of benzene rings is 4. The number of nitrogens with zero attached hydrogens (tertiary/aromatic N) is 1. The van der Waals surface area contributed by atoms with E-state index in [1.54, 1.807) is 6.07 Å². The summed E-state index contributed by atoms with van der Waals surface area (Å²) >= 11 is 0. The molecule has 0 amide bonds. The van der Waals surface area contributed by atoms with Crippen molar-refractivity contribution < 1.29 is 18.3 Å². The van der Waals surface area contributed by atoms with Crippen molar-refractivity contribution in [3.63, 3.8) is 0 Å². The molecule has 0 radical (unpaired) electrons. The lowest BCUT2D eigenvalue weighted by atomic mass is 9.93. The average Bonchev–Trinajstić information content (AvgIpc) is 2.88. The Labute approximate surface area is 204 Å². The zero-order valence-corrected chi connectivity index (χ0v) is 19.3. The van der Waals surface area contributed by atoms with Gasteiger partial charge in [0.2, 0.25) is 0 Å². The Morgan fingerprint density at radius 1 is 0.629 bits per heavy atom. The van der Waals surface area contributed by atoms with Crippen LogP contribution < -0.4 is 0 Å². The van der Waals surface area contributed by atoms with Gasteiger partial charge < -0.3 is 5.11 Å². The smallest absolute Gasteiger partial charge is 0.387 e. The second kappa shape index (κ2) is 11.3. The van der Waals surface area contributed by atoms with Crippen molar-refractivity contribution in [2.45, 2.75) is 37.8 Å². The van der Waals surface area contributed by atoms with Gasteiger partial charge in [-0.25, -0.2) is 0 Å². The van der Waals surface area contributed by atoms with Gasteiger partial charge >= 0.3 is 6.18 Å². The van der Waals surface area contributed by atoms with Crippen LogP contribution in [0, 0.1) is 0 Å². The summed E-state index contributed by atoms with van der Waals surface area (Å²) in [4.78, 5) is 2.16. The molecule has 0 aromatic heterocycles. The number of aliphatic hydroxyl groups is 1. The Kier molecular flexibility index (Phi) is 8.01. The van der Waals surface area contributed by atoms with Crippen LogP contribution >= 0.6 is 0 Å². The lowest BCUT2D eigenvalue weighted by Crippen LogP contribution is -2.40. The van der Waals surface area contributed by atoms with Crippen LogP contribution in [-0.2, 0) is 25.7 Å². The van der Waals surface area contributed by atoms with E-state index in [-0.39, 0.29) is 5.56 Å². The summed E-state index contributed by atoms with van der Waals surface area (Å²) in [5.74, 6) is 0. The zero-order valence-electron chi connectivity index (χ0n) is 19.3. The monoisotopic (exact) mass is 475 g/mol. The number of halogens is 3. The van der Waals surface area contributed by atoms with E-state index < -0.39 is 23.9 Å². The van der Waals surface area contributed by atoms with Crippen molar-refractivity contribution in [3.8, 4) is 0 Å². The maximum Gasteiger partial charge on any atom is 0.416 e. The van der Waals surface area contributed by atoms with Gasteiger partial charge in [0, 0.05) is 19.1 Å². The SMILES string of the molecule is O[C@@H](c1cccc(C(F)(F)F)c1)[C@H](Cc1ccccc1)N(Cc1ccccc1)Cc1ccccc1. The maximum atomic E-state index is 13.4. The van der Waals surface area contributed by atoms with Crippen LogP contribution in [0.2, 0.25) is 0 Å². The molecule has 4 rings (SSSR count). The van der Waals surface area contributed by atoms with Crippen LogP contribution in [0.15, 0.2) is 115 Å². The van der Waals surface area contributed by atoms with Crippen molar-refractivity contribution in [2.24, 2.45) is 0 Å². The highest BCUT2D eigenvalue weighted by molar-refractivity contribution is 5.29. The number of hydrogen-bond acceptors (Lipinski definition) is 2. The van der Waals surface area contributed by atoms with Crippen LogP contribution in [0.1, 0.15) is 33.9 Å². The topological polar surface area (TPSA) is 23.5 Å². The molecule has 0 saturated carbocycles. The minimum atomic E-state index is -4.47. The molecule has 0 fully saturated rings. The summed E-state index contributed by atoms with van der Waals surface area (Å²) < 4.78 is 40.3. The van der Waals surface area contributed by atoms with Crippen molar-refractivity contribution in [3.05, 3.63) is 143 Å². The zero-order chi connectivity index (χ0) is 24.7. The molecule has 4 aromatic rings. The van der Waals surface area contributed by atoms with Gasteiger partial charge in [0.25, 0.3) is 0 Å². The first-order chi connectivity index (χ1) is 16.9. The third-order valence-electron chi connectivity index (χ3n) is 6.13. The van der Waals surface area contributed by atoms with E-state index >= 15 is 0 Å². The normalized spacial score (nSPS) is 13.5. The van der Waals surface area contributed by atoms with Crippen molar-refractivity contribution in [1.29, 1.82) is 0 Å². The minimum absolute atomic E-state index is 0.256. The first kappa shape index (κ1) is 24.7. The summed E-state index contributed by atoms with van der Waals surface area (Å²) in [6.07, 6.45) is -5.11. The number of rotatable bonds is 9.